The lowest BCUT2D eigenvalue weighted by molar-refractivity contribution is -0.135. The molecule has 0 bridgehead atoms. The first-order valence-corrected chi connectivity index (χ1v) is 10.4. The Labute approximate surface area is 173 Å². The first-order valence-electron chi connectivity index (χ1n) is 10.4. The summed E-state index contributed by atoms with van der Waals surface area (Å²) in [6.45, 7) is 7.32. The van der Waals surface area contributed by atoms with Crippen LogP contribution in [0.4, 0.5) is 0 Å². The topological polar surface area (TPSA) is 52.7 Å². The van der Waals surface area contributed by atoms with Crippen molar-refractivity contribution in [1.82, 2.24) is 15.1 Å². The Bertz CT molecular complexity index is 810. The van der Waals surface area contributed by atoms with E-state index in [0.717, 1.165) is 24.2 Å². The Morgan fingerprint density at radius 1 is 0.897 bits per heavy atom. The number of rotatable bonds is 6. The summed E-state index contributed by atoms with van der Waals surface area (Å²) in [5, 5.41) is 2.99. The lowest BCUT2D eigenvalue weighted by atomic mass is 10.0. The van der Waals surface area contributed by atoms with Gasteiger partial charge < -0.3 is 15.1 Å². The molecule has 0 saturated carbocycles. The molecule has 1 aliphatic rings. The number of benzene rings is 2. The molecule has 1 saturated heterocycles. The van der Waals surface area contributed by atoms with E-state index >= 15 is 0 Å². The molecule has 0 radical (unpaired) electrons. The van der Waals surface area contributed by atoms with Crippen LogP contribution in [-0.2, 0) is 4.79 Å². The number of likely N-dealkylation sites (N-methyl/N-ethyl adjacent to an activating group) is 1. The standard InChI is InChI=1S/C24H31N3O2/c1-18(2)17-22(24(29)27-15-13-26(3)14-16-27)25-23(28)21-11-9-20(10-12-21)19-7-5-4-6-8-19/h4-12,18,22H,13-17H2,1-3H3,(H,25,28)/t22-/m0/s1. The van der Waals surface area contributed by atoms with Crippen LogP contribution in [0.1, 0.15) is 30.6 Å². The third kappa shape index (κ3) is 5.67. The van der Waals surface area contributed by atoms with Crippen LogP contribution >= 0.6 is 0 Å². The van der Waals surface area contributed by atoms with E-state index in [9.17, 15) is 9.59 Å². The zero-order valence-electron chi connectivity index (χ0n) is 17.6. The molecule has 0 unspecified atom stereocenters. The Morgan fingerprint density at radius 2 is 1.48 bits per heavy atom. The summed E-state index contributed by atoms with van der Waals surface area (Å²) in [4.78, 5) is 30.0. The highest BCUT2D eigenvalue weighted by atomic mass is 16.2. The van der Waals surface area contributed by atoms with Gasteiger partial charge in [0.15, 0.2) is 0 Å². The summed E-state index contributed by atoms with van der Waals surface area (Å²) in [6, 6.07) is 17.1. The van der Waals surface area contributed by atoms with Crippen molar-refractivity contribution in [1.29, 1.82) is 0 Å². The molecule has 3 rings (SSSR count). The number of carbonyl (C=O) groups excluding carboxylic acids is 2. The van der Waals surface area contributed by atoms with Crippen molar-refractivity contribution in [3.63, 3.8) is 0 Å². The molecule has 2 amide bonds. The maximum Gasteiger partial charge on any atom is 0.251 e. The molecule has 0 aliphatic carbocycles. The van der Waals surface area contributed by atoms with Gasteiger partial charge in [-0.3, -0.25) is 9.59 Å². The summed E-state index contributed by atoms with van der Waals surface area (Å²) in [7, 11) is 2.06. The molecule has 0 aromatic heterocycles. The maximum absolute atomic E-state index is 13.0. The van der Waals surface area contributed by atoms with Crippen molar-refractivity contribution >= 4 is 11.8 Å². The second-order valence-electron chi connectivity index (χ2n) is 8.23. The van der Waals surface area contributed by atoms with E-state index < -0.39 is 6.04 Å². The monoisotopic (exact) mass is 393 g/mol. The van der Waals surface area contributed by atoms with E-state index in [2.05, 4.69) is 31.1 Å². The zero-order chi connectivity index (χ0) is 20.8. The average molecular weight is 394 g/mol. The molecule has 1 fully saturated rings. The smallest absolute Gasteiger partial charge is 0.251 e. The highest BCUT2D eigenvalue weighted by Crippen LogP contribution is 2.19. The van der Waals surface area contributed by atoms with Gasteiger partial charge >= 0.3 is 0 Å². The van der Waals surface area contributed by atoms with Crippen LogP contribution < -0.4 is 5.32 Å². The fraction of sp³-hybridized carbons (Fsp3) is 0.417. The van der Waals surface area contributed by atoms with Crippen LogP contribution in [-0.4, -0.2) is 60.9 Å². The fourth-order valence-electron chi connectivity index (χ4n) is 3.63. The molecule has 1 aliphatic heterocycles. The first-order chi connectivity index (χ1) is 13.9. The van der Waals surface area contributed by atoms with E-state index in [1.807, 2.05) is 59.5 Å². The van der Waals surface area contributed by atoms with Crippen LogP contribution in [0, 0.1) is 5.92 Å². The predicted molar refractivity (Wildman–Crippen MR) is 117 cm³/mol. The number of nitrogens with one attached hydrogen (secondary N) is 1. The minimum Gasteiger partial charge on any atom is -0.340 e. The Kier molecular flexibility index (Phi) is 7.04. The third-order valence-electron chi connectivity index (χ3n) is 5.38. The van der Waals surface area contributed by atoms with E-state index in [0.29, 0.717) is 31.0 Å². The normalized spacial score (nSPS) is 15.9. The van der Waals surface area contributed by atoms with Crippen molar-refractivity contribution in [2.45, 2.75) is 26.3 Å². The molecule has 2 aromatic rings. The summed E-state index contributed by atoms with van der Waals surface area (Å²) in [5.41, 5.74) is 2.75. The number of carbonyl (C=O) groups is 2. The summed E-state index contributed by atoms with van der Waals surface area (Å²) in [5.74, 6) is 0.149. The Morgan fingerprint density at radius 3 is 2.07 bits per heavy atom. The number of piperazine rings is 1. The highest BCUT2D eigenvalue weighted by molar-refractivity contribution is 5.98. The summed E-state index contributed by atoms with van der Waals surface area (Å²) >= 11 is 0. The minimum absolute atomic E-state index is 0.0288. The maximum atomic E-state index is 13.0. The zero-order valence-corrected chi connectivity index (χ0v) is 17.6. The lowest BCUT2D eigenvalue weighted by Crippen LogP contribution is -2.54. The van der Waals surface area contributed by atoms with Crippen LogP contribution in [0.5, 0.6) is 0 Å². The van der Waals surface area contributed by atoms with Gasteiger partial charge in [-0.15, -0.1) is 0 Å². The Hall–Kier alpha value is -2.66. The van der Waals surface area contributed by atoms with Crippen molar-refractivity contribution in [2.24, 2.45) is 5.92 Å². The van der Waals surface area contributed by atoms with Crippen LogP contribution in [0.25, 0.3) is 11.1 Å². The van der Waals surface area contributed by atoms with Crippen LogP contribution in [0.15, 0.2) is 54.6 Å². The largest absolute Gasteiger partial charge is 0.340 e. The third-order valence-corrected chi connectivity index (χ3v) is 5.38. The quantitative estimate of drug-likeness (QED) is 0.820. The van der Waals surface area contributed by atoms with Gasteiger partial charge in [0.1, 0.15) is 6.04 Å². The minimum atomic E-state index is -0.486. The van der Waals surface area contributed by atoms with E-state index in [4.69, 9.17) is 0 Å². The van der Waals surface area contributed by atoms with Gasteiger partial charge in [0, 0.05) is 31.7 Å². The van der Waals surface area contributed by atoms with Crippen molar-refractivity contribution in [3.05, 3.63) is 60.2 Å². The summed E-state index contributed by atoms with van der Waals surface area (Å²) < 4.78 is 0. The molecule has 1 atom stereocenters. The van der Waals surface area contributed by atoms with Gasteiger partial charge in [-0.1, -0.05) is 56.3 Å². The van der Waals surface area contributed by atoms with Gasteiger partial charge in [-0.05, 0) is 42.6 Å². The second-order valence-corrected chi connectivity index (χ2v) is 8.23. The molecule has 0 spiro atoms. The van der Waals surface area contributed by atoms with Crippen molar-refractivity contribution in [3.8, 4) is 11.1 Å². The molecule has 29 heavy (non-hydrogen) atoms. The Balaban J connectivity index is 1.68. The van der Waals surface area contributed by atoms with Gasteiger partial charge in [-0.25, -0.2) is 0 Å². The number of hydrogen-bond acceptors (Lipinski definition) is 3. The lowest BCUT2D eigenvalue weighted by Gasteiger charge is -2.35. The summed E-state index contributed by atoms with van der Waals surface area (Å²) in [6.07, 6.45) is 0.638. The molecule has 5 nitrogen and oxygen atoms in total. The number of nitrogens with zero attached hydrogens (tertiary/aromatic N) is 2. The molecule has 1 N–H and O–H groups in total. The first kappa shape index (κ1) is 21.1. The van der Waals surface area contributed by atoms with Crippen LogP contribution in [0.3, 0.4) is 0 Å². The molecule has 5 heteroatoms. The second kappa shape index (κ2) is 9.70. The van der Waals surface area contributed by atoms with Gasteiger partial charge in [0.2, 0.25) is 5.91 Å². The molecular formula is C24H31N3O2. The van der Waals surface area contributed by atoms with Crippen molar-refractivity contribution < 1.29 is 9.59 Å². The highest BCUT2D eigenvalue weighted by Gasteiger charge is 2.28. The van der Waals surface area contributed by atoms with Gasteiger partial charge in [0.05, 0.1) is 0 Å². The van der Waals surface area contributed by atoms with Crippen molar-refractivity contribution in [2.75, 3.05) is 33.2 Å². The molecule has 1 heterocycles. The van der Waals surface area contributed by atoms with Gasteiger partial charge in [0.25, 0.3) is 5.91 Å². The van der Waals surface area contributed by atoms with E-state index in [1.165, 1.54) is 0 Å². The SMILES string of the molecule is CC(C)C[C@H](NC(=O)c1ccc(-c2ccccc2)cc1)C(=O)N1CCN(C)CC1. The van der Waals surface area contributed by atoms with Crippen LogP contribution in [0.2, 0.25) is 0 Å². The number of hydrogen-bond donors (Lipinski definition) is 1. The molecular weight excluding hydrogens is 362 g/mol. The van der Waals surface area contributed by atoms with Gasteiger partial charge in [-0.2, -0.15) is 0 Å². The van der Waals surface area contributed by atoms with E-state index in [1.54, 1.807) is 0 Å². The predicted octanol–water partition coefficient (Wildman–Crippen LogP) is 3.27. The molecule has 154 valence electrons. The molecule has 2 aromatic carbocycles. The fourth-order valence-corrected chi connectivity index (χ4v) is 3.63. The number of amides is 2. The van der Waals surface area contributed by atoms with E-state index in [-0.39, 0.29) is 11.8 Å². The average Bonchev–Trinajstić information content (AvgIpc) is 2.73.